The van der Waals surface area contributed by atoms with Crippen LogP contribution in [0.1, 0.15) is 31.2 Å². The zero-order valence-electron chi connectivity index (χ0n) is 10.9. The van der Waals surface area contributed by atoms with Gasteiger partial charge in [-0.25, -0.2) is 0 Å². The third-order valence-electron chi connectivity index (χ3n) is 3.97. The van der Waals surface area contributed by atoms with E-state index in [0.29, 0.717) is 19.3 Å². The normalized spacial score (nSPS) is 25.2. The largest absolute Gasteiger partial charge is 0.460 e. The molecule has 0 radical (unpaired) electrons. The summed E-state index contributed by atoms with van der Waals surface area (Å²) in [5.74, 6) is -4.76. The highest BCUT2D eigenvalue weighted by molar-refractivity contribution is 5.26. The quantitative estimate of drug-likeness (QED) is 0.807. The molecule has 0 bridgehead atoms. The van der Waals surface area contributed by atoms with Crippen molar-refractivity contribution in [3.05, 3.63) is 35.9 Å². The van der Waals surface area contributed by atoms with Gasteiger partial charge in [-0.3, -0.25) is 0 Å². The summed E-state index contributed by atoms with van der Waals surface area (Å²) in [6.07, 6.45) is -4.02. The van der Waals surface area contributed by atoms with Gasteiger partial charge in [-0.05, 0) is 19.3 Å². The van der Waals surface area contributed by atoms with E-state index in [0.717, 1.165) is 0 Å². The Labute approximate surface area is 114 Å². The number of halogens is 5. The van der Waals surface area contributed by atoms with Gasteiger partial charge in [0.05, 0.1) is 6.54 Å². The monoisotopic (exact) mass is 294 g/mol. The highest BCUT2D eigenvalue weighted by Gasteiger charge is 2.73. The van der Waals surface area contributed by atoms with E-state index in [1.807, 2.05) is 0 Å². The molecule has 1 aromatic rings. The Bertz CT molecular complexity index is 433. The maximum atomic E-state index is 14.2. The van der Waals surface area contributed by atoms with Crippen molar-refractivity contribution in [3.8, 4) is 0 Å². The standard InChI is InChI=1S/C14H16F5N/c15-13(16,14(17,18)19)12(9-5-2-6-10-20-12)11-7-3-1-4-8-11/h1,3-4,7-8,20H,2,5-6,9-10H2/p+1/t12-/m0/s1. The fourth-order valence-corrected chi connectivity index (χ4v) is 2.89. The van der Waals surface area contributed by atoms with Gasteiger partial charge < -0.3 is 5.32 Å². The Kier molecular flexibility index (Phi) is 4.04. The minimum Gasteiger partial charge on any atom is -0.332 e. The summed E-state index contributed by atoms with van der Waals surface area (Å²) in [7, 11) is 0. The number of hydrogen-bond donors (Lipinski definition) is 1. The van der Waals surface area contributed by atoms with Crippen LogP contribution in [0.2, 0.25) is 0 Å². The van der Waals surface area contributed by atoms with E-state index in [-0.39, 0.29) is 18.5 Å². The average molecular weight is 294 g/mol. The molecule has 1 nitrogen and oxygen atoms in total. The summed E-state index contributed by atoms with van der Waals surface area (Å²) in [4.78, 5) is 0. The number of quaternary nitrogens is 1. The SMILES string of the molecule is FC(F)(F)C(F)(F)[C@@]1(c2ccccc2)CCCCC[NH2+]1. The van der Waals surface area contributed by atoms with Gasteiger partial charge >= 0.3 is 12.1 Å². The summed E-state index contributed by atoms with van der Waals surface area (Å²) in [5.41, 5.74) is -2.20. The zero-order chi connectivity index (χ0) is 14.9. The van der Waals surface area contributed by atoms with E-state index in [9.17, 15) is 22.0 Å². The zero-order valence-corrected chi connectivity index (χ0v) is 10.9. The smallest absolute Gasteiger partial charge is 0.332 e. The molecule has 0 saturated carbocycles. The van der Waals surface area contributed by atoms with E-state index in [4.69, 9.17) is 0 Å². The molecular formula is C14H17F5N+. The molecule has 0 spiro atoms. The van der Waals surface area contributed by atoms with Crippen molar-refractivity contribution in [1.29, 1.82) is 0 Å². The number of benzene rings is 1. The molecule has 1 aliphatic heterocycles. The molecule has 1 fully saturated rings. The molecule has 0 amide bonds. The first-order chi connectivity index (χ1) is 9.31. The molecule has 20 heavy (non-hydrogen) atoms. The molecule has 0 aliphatic carbocycles. The molecule has 1 aliphatic rings. The Balaban J connectivity index is 2.55. The summed E-state index contributed by atoms with van der Waals surface area (Å²) in [5, 5.41) is 1.18. The number of hydrogen-bond acceptors (Lipinski definition) is 0. The Morgan fingerprint density at radius 2 is 1.55 bits per heavy atom. The number of nitrogens with two attached hydrogens (primary N) is 1. The predicted molar refractivity (Wildman–Crippen MR) is 64.4 cm³/mol. The Hall–Kier alpha value is -1.17. The van der Waals surface area contributed by atoms with Crippen molar-refractivity contribution >= 4 is 0 Å². The average Bonchev–Trinajstić information content (AvgIpc) is 2.65. The fraction of sp³-hybridized carbons (Fsp3) is 0.571. The minimum absolute atomic E-state index is 0.0456. The van der Waals surface area contributed by atoms with Gasteiger partial charge in [0.25, 0.3) is 0 Å². The van der Waals surface area contributed by atoms with Crippen LogP contribution < -0.4 is 5.32 Å². The lowest BCUT2D eigenvalue weighted by atomic mass is 9.79. The van der Waals surface area contributed by atoms with Gasteiger partial charge in [0.15, 0.2) is 5.54 Å². The lowest BCUT2D eigenvalue weighted by Gasteiger charge is -2.38. The third-order valence-corrected chi connectivity index (χ3v) is 3.97. The molecule has 1 heterocycles. The van der Waals surface area contributed by atoms with E-state index < -0.39 is 17.6 Å². The first kappa shape index (κ1) is 15.2. The fourth-order valence-electron chi connectivity index (χ4n) is 2.89. The molecule has 2 N–H and O–H groups in total. The van der Waals surface area contributed by atoms with Crippen LogP contribution in [0.4, 0.5) is 22.0 Å². The summed E-state index contributed by atoms with van der Waals surface area (Å²) >= 11 is 0. The lowest BCUT2D eigenvalue weighted by Crippen LogP contribution is -2.99. The van der Waals surface area contributed by atoms with Crippen LogP contribution in [-0.4, -0.2) is 18.6 Å². The summed E-state index contributed by atoms with van der Waals surface area (Å²) in [6, 6.07) is 7.34. The molecular weight excluding hydrogens is 277 g/mol. The second kappa shape index (κ2) is 5.31. The highest BCUT2D eigenvalue weighted by atomic mass is 19.4. The second-order valence-electron chi connectivity index (χ2n) is 5.21. The van der Waals surface area contributed by atoms with Crippen LogP contribution in [0, 0.1) is 0 Å². The van der Waals surface area contributed by atoms with Crippen molar-refractivity contribution in [2.24, 2.45) is 0 Å². The minimum atomic E-state index is -5.55. The van der Waals surface area contributed by atoms with E-state index in [1.54, 1.807) is 6.07 Å². The van der Waals surface area contributed by atoms with Gasteiger partial charge in [0.1, 0.15) is 0 Å². The molecule has 6 heteroatoms. The third kappa shape index (κ3) is 2.41. The number of rotatable bonds is 2. The molecule has 1 aromatic carbocycles. The topological polar surface area (TPSA) is 16.6 Å². The maximum Gasteiger partial charge on any atom is 0.460 e. The lowest BCUT2D eigenvalue weighted by molar-refractivity contribution is -0.762. The van der Waals surface area contributed by atoms with Crippen LogP contribution in [0.5, 0.6) is 0 Å². The van der Waals surface area contributed by atoms with E-state index in [2.05, 4.69) is 0 Å². The van der Waals surface area contributed by atoms with Crippen molar-refractivity contribution < 1.29 is 27.3 Å². The first-order valence-corrected chi connectivity index (χ1v) is 6.66. The summed E-state index contributed by atoms with van der Waals surface area (Å²) < 4.78 is 67.1. The maximum absolute atomic E-state index is 14.2. The van der Waals surface area contributed by atoms with Gasteiger partial charge in [-0.1, -0.05) is 30.3 Å². The highest BCUT2D eigenvalue weighted by Crippen LogP contribution is 2.48. The molecule has 112 valence electrons. The molecule has 2 rings (SSSR count). The molecule has 0 unspecified atom stereocenters. The summed E-state index contributed by atoms with van der Waals surface area (Å²) in [6.45, 7) is 0.278. The van der Waals surface area contributed by atoms with Gasteiger partial charge in [-0.2, -0.15) is 22.0 Å². The van der Waals surface area contributed by atoms with E-state index >= 15 is 0 Å². The van der Waals surface area contributed by atoms with Crippen LogP contribution in [0.15, 0.2) is 30.3 Å². The van der Waals surface area contributed by atoms with Crippen LogP contribution in [0.3, 0.4) is 0 Å². The van der Waals surface area contributed by atoms with Crippen LogP contribution >= 0.6 is 0 Å². The van der Waals surface area contributed by atoms with Crippen molar-refractivity contribution in [2.75, 3.05) is 6.54 Å². The van der Waals surface area contributed by atoms with Gasteiger partial charge in [0, 0.05) is 12.0 Å². The molecule has 1 atom stereocenters. The Morgan fingerprint density at radius 1 is 0.900 bits per heavy atom. The van der Waals surface area contributed by atoms with E-state index in [1.165, 1.54) is 29.6 Å². The Morgan fingerprint density at radius 3 is 2.15 bits per heavy atom. The number of alkyl halides is 5. The molecule has 1 saturated heterocycles. The van der Waals surface area contributed by atoms with Crippen LogP contribution in [0.25, 0.3) is 0 Å². The van der Waals surface area contributed by atoms with Gasteiger partial charge in [0.2, 0.25) is 0 Å². The molecule has 0 aromatic heterocycles. The van der Waals surface area contributed by atoms with Crippen molar-refractivity contribution in [3.63, 3.8) is 0 Å². The first-order valence-electron chi connectivity index (χ1n) is 6.66. The van der Waals surface area contributed by atoms with Crippen molar-refractivity contribution in [2.45, 2.75) is 43.3 Å². The van der Waals surface area contributed by atoms with Gasteiger partial charge in [-0.15, -0.1) is 0 Å². The second-order valence-corrected chi connectivity index (χ2v) is 5.21. The van der Waals surface area contributed by atoms with Crippen LogP contribution in [-0.2, 0) is 5.54 Å². The predicted octanol–water partition coefficient (Wildman–Crippen LogP) is 3.22. The van der Waals surface area contributed by atoms with Crippen molar-refractivity contribution in [1.82, 2.24) is 0 Å².